The van der Waals surface area contributed by atoms with Gasteiger partial charge in [-0.15, -0.1) is 12.4 Å². The Bertz CT molecular complexity index is 1030. The lowest BCUT2D eigenvalue weighted by Crippen LogP contribution is -2.32. The highest BCUT2D eigenvalue weighted by Gasteiger charge is 2.24. The molecule has 2 aromatic heterocycles. The van der Waals surface area contributed by atoms with Crippen LogP contribution in [0.25, 0.3) is 10.2 Å². The molecule has 1 aromatic carbocycles. The average molecular weight is 455 g/mol. The number of hydrogen-bond acceptors (Lipinski definition) is 7. The van der Waals surface area contributed by atoms with Gasteiger partial charge in [-0.2, -0.15) is 0 Å². The van der Waals surface area contributed by atoms with Crippen molar-refractivity contribution < 1.29 is 9.72 Å². The molecule has 0 fully saturated rings. The fourth-order valence-electron chi connectivity index (χ4n) is 2.98. The predicted molar refractivity (Wildman–Crippen MR) is 122 cm³/mol. The van der Waals surface area contributed by atoms with Gasteiger partial charge < -0.3 is 4.90 Å². The van der Waals surface area contributed by atoms with Crippen molar-refractivity contribution in [2.75, 3.05) is 32.1 Å². The molecular weight excluding hydrogens is 432 g/mol. The molecule has 3 aromatic rings. The van der Waals surface area contributed by atoms with Crippen molar-refractivity contribution in [3.63, 3.8) is 0 Å². The molecule has 10 heteroatoms. The highest BCUT2D eigenvalue weighted by molar-refractivity contribution is 7.22. The number of rotatable bonds is 7. The number of hydrogen-bond donors (Lipinski definition) is 0. The fraction of sp³-hybridized carbons (Fsp3) is 0.368. The largest absolute Gasteiger partial charge is 0.324 e. The van der Waals surface area contributed by atoms with Crippen LogP contribution >= 0.6 is 35.1 Å². The van der Waals surface area contributed by atoms with E-state index >= 15 is 0 Å². The topological polar surface area (TPSA) is 79.6 Å². The molecule has 0 radical (unpaired) electrons. The molecule has 156 valence electrons. The van der Waals surface area contributed by atoms with Crippen LogP contribution in [0.4, 0.5) is 10.1 Å². The van der Waals surface area contributed by atoms with E-state index in [1.165, 1.54) is 23.5 Å². The second-order valence-electron chi connectivity index (χ2n) is 6.94. The molecule has 0 saturated carbocycles. The molecule has 0 bridgehead atoms. The van der Waals surface area contributed by atoms with Crippen molar-refractivity contribution in [3.8, 4) is 0 Å². The highest BCUT2D eigenvalue weighted by Crippen LogP contribution is 2.34. The minimum Gasteiger partial charge on any atom is -0.309 e. The van der Waals surface area contributed by atoms with E-state index < -0.39 is 4.92 Å². The number of aryl methyl sites for hydroxylation is 2. The first-order chi connectivity index (χ1) is 13.3. The van der Waals surface area contributed by atoms with E-state index in [1.54, 1.807) is 4.90 Å². The van der Waals surface area contributed by atoms with Gasteiger partial charge in [0.25, 0.3) is 5.91 Å². The van der Waals surface area contributed by atoms with Gasteiger partial charge in [-0.3, -0.25) is 19.8 Å². The normalized spacial score (nSPS) is 10.9. The monoisotopic (exact) mass is 454 g/mol. The van der Waals surface area contributed by atoms with E-state index in [4.69, 9.17) is 4.98 Å². The summed E-state index contributed by atoms with van der Waals surface area (Å²) >= 11 is 2.39. The smallest absolute Gasteiger partial charge is 0.309 e. The zero-order chi connectivity index (χ0) is 20.4. The Kier molecular flexibility index (Phi) is 7.70. The second-order valence-corrected chi connectivity index (χ2v) is 8.97. The number of carbonyl (C=O) groups is 1. The summed E-state index contributed by atoms with van der Waals surface area (Å²) < 4.78 is 1.06. The van der Waals surface area contributed by atoms with E-state index in [1.807, 2.05) is 34.0 Å². The van der Waals surface area contributed by atoms with Crippen molar-refractivity contribution >= 4 is 61.3 Å². The minimum absolute atomic E-state index is 0. The Labute approximate surface area is 183 Å². The van der Waals surface area contributed by atoms with Crippen LogP contribution in [0, 0.1) is 24.0 Å². The van der Waals surface area contributed by atoms with Gasteiger partial charge in [-0.05, 0) is 64.2 Å². The quantitative estimate of drug-likeness (QED) is 0.374. The van der Waals surface area contributed by atoms with Crippen molar-refractivity contribution in [1.82, 2.24) is 9.88 Å². The summed E-state index contributed by atoms with van der Waals surface area (Å²) in [6.07, 6.45) is 0.778. The molecule has 0 unspecified atom stereocenters. The summed E-state index contributed by atoms with van der Waals surface area (Å²) in [6.45, 7) is 5.40. The second kappa shape index (κ2) is 9.62. The van der Waals surface area contributed by atoms with Crippen molar-refractivity contribution in [3.05, 3.63) is 50.4 Å². The Morgan fingerprint density at radius 2 is 1.90 bits per heavy atom. The standard InChI is InChI=1S/C19H22N4O3S2.ClH/c1-12-10-13(2)17-14(11-12)20-19(28-17)22(9-5-8-21(3)4)18(24)15-6-7-16(27-15)23(25)26;/h6-7,10-11H,5,8-9H2,1-4H3;1H. The fourth-order valence-corrected chi connectivity index (χ4v) is 4.79. The lowest BCUT2D eigenvalue weighted by atomic mass is 10.1. The van der Waals surface area contributed by atoms with Gasteiger partial charge in [0.05, 0.1) is 20.0 Å². The Morgan fingerprint density at radius 1 is 1.17 bits per heavy atom. The molecule has 0 atom stereocenters. The molecule has 29 heavy (non-hydrogen) atoms. The molecule has 3 rings (SSSR count). The number of thiazole rings is 1. The number of thiophene rings is 1. The summed E-state index contributed by atoms with van der Waals surface area (Å²) in [5, 5.41) is 11.6. The summed E-state index contributed by atoms with van der Waals surface area (Å²) in [5.74, 6) is -0.245. The molecule has 0 aliphatic heterocycles. The van der Waals surface area contributed by atoms with Gasteiger partial charge in [0.1, 0.15) is 0 Å². The van der Waals surface area contributed by atoms with Crippen LogP contribution in [0.2, 0.25) is 0 Å². The maximum Gasteiger partial charge on any atom is 0.324 e. The van der Waals surface area contributed by atoms with Crippen LogP contribution in [-0.2, 0) is 0 Å². The Balaban J connectivity index is 0.00000300. The highest BCUT2D eigenvalue weighted by atomic mass is 35.5. The van der Waals surface area contributed by atoms with Gasteiger partial charge in [0.15, 0.2) is 5.13 Å². The molecule has 2 heterocycles. The lowest BCUT2D eigenvalue weighted by molar-refractivity contribution is -0.380. The van der Waals surface area contributed by atoms with Gasteiger partial charge >= 0.3 is 5.00 Å². The van der Waals surface area contributed by atoms with Crippen molar-refractivity contribution in [1.29, 1.82) is 0 Å². The number of benzene rings is 1. The third-order valence-electron chi connectivity index (χ3n) is 4.25. The average Bonchev–Trinajstić information content (AvgIpc) is 3.25. The third-order valence-corrected chi connectivity index (χ3v) is 6.51. The van der Waals surface area contributed by atoms with Crippen molar-refractivity contribution in [2.24, 2.45) is 0 Å². The minimum atomic E-state index is -0.471. The Hall–Kier alpha value is -2.07. The summed E-state index contributed by atoms with van der Waals surface area (Å²) in [7, 11) is 3.97. The van der Waals surface area contributed by atoms with Crippen LogP contribution in [-0.4, -0.2) is 47.9 Å². The number of nitrogens with zero attached hydrogens (tertiary/aromatic N) is 4. The van der Waals surface area contributed by atoms with Gasteiger partial charge in [0, 0.05) is 12.6 Å². The molecule has 0 spiro atoms. The summed E-state index contributed by atoms with van der Waals surface area (Å²) in [5.41, 5.74) is 3.13. The van der Waals surface area contributed by atoms with Gasteiger partial charge in [0.2, 0.25) is 0 Å². The lowest BCUT2D eigenvalue weighted by Gasteiger charge is -2.20. The molecule has 0 N–H and O–H groups in total. The van der Waals surface area contributed by atoms with E-state index in [-0.39, 0.29) is 23.3 Å². The van der Waals surface area contributed by atoms with Crippen LogP contribution in [0.3, 0.4) is 0 Å². The third kappa shape index (κ3) is 5.30. The number of carbonyl (C=O) groups excluding carboxylic acids is 1. The number of anilines is 1. The zero-order valence-electron chi connectivity index (χ0n) is 16.7. The Morgan fingerprint density at radius 3 is 2.52 bits per heavy atom. The number of amides is 1. The number of halogens is 1. The van der Waals surface area contributed by atoms with E-state index in [2.05, 4.69) is 11.0 Å². The molecule has 0 aliphatic rings. The molecule has 7 nitrogen and oxygen atoms in total. The summed E-state index contributed by atoms with van der Waals surface area (Å²) in [4.78, 5) is 32.4. The van der Waals surface area contributed by atoms with Crippen LogP contribution < -0.4 is 4.90 Å². The van der Waals surface area contributed by atoms with E-state index in [9.17, 15) is 14.9 Å². The van der Waals surface area contributed by atoms with Crippen molar-refractivity contribution in [2.45, 2.75) is 20.3 Å². The first kappa shape index (κ1) is 23.2. The number of nitro groups is 1. The molecular formula is C19H23ClN4O3S2. The molecule has 0 aliphatic carbocycles. The van der Waals surface area contributed by atoms with Crippen LogP contribution in [0.1, 0.15) is 27.2 Å². The number of aromatic nitrogens is 1. The van der Waals surface area contributed by atoms with E-state index in [0.717, 1.165) is 45.6 Å². The number of fused-ring (bicyclic) bond motifs is 1. The zero-order valence-corrected chi connectivity index (χ0v) is 19.1. The first-order valence-electron chi connectivity index (χ1n) is 8.85. The van der Waals surface area contributed by atoms with Crippen LogP contribution in [0.5, 0.6) is 0 Å². The van der Waals surface area contributed by atoms with Gasteiger partial charge in [-0.1, -0.05) is 28.7 Å². The molecule has 0 saturated heterocycles. The predicted octanol–water partition coefficient (Wildman–Crippen LogP) is 4.90. The maximum atomic E-state index is 13.2. The first-order valence-corrected chi connectivity index (χ1v) is 10.5. The maximum absolute atomic E-state index is 13.2. The SMILES string of the molecule is Cc1cc(C)c2sc(N(CCCN(C)C)C(=O)c3ccc([N+](=O)[O-])s3)nc2c1.Cl. The van der Waals surface area contributed by atoms with Gasteiger partial charge in [-0.25, -0.2) is 4.98 Å². The van der Waals surface area contributed by atoms with E-state index in [0.29, 0.717) is 16.6 Å². The molecule has 1 amide bonds. The summed E-state index contributed by atoms with van der Waals surface area (Å²) in [6, 6.07) is 7.01. The van der Waals surface area contributed by atoms with Crippen LogP contribution in [0.15, 0.2) is 24.3 Å².